The standard InChI is InChI=1S/C17H19ClN2O/c1-2-20(12-14-5-3-4-6-16(14)19)17(21)11-13-7-9-15(18)10-8-13/h3-10H,2,11-12,19H2,1H3. The number of nitrogens with zero attached hydrogens (tertiary/aromatic N) is 1. The van der Waals surface area contributed by atoms with Crippen LogP contribution in [0.25, 0.3) is 0 Å². The summed E-state index contributed by atoms with van der Waals surface area (Å²) in [4.78, 5) is 14.2. The molecule has 21 heavy (non-hydrogen) atoms. The van der Waals surface area contributed by atoms with Crippen LogP contribution in [0.1, 0.15) is 18.1 Å². The normalized spacial score (nSPS) is 10.4. The van der Waals surface area contributed by atoms with Crippen molar-refractivity contribution in [1.82, 2.24) is 4.90 Å². The number of carbonyl (C=O) groups is 1. The highest BCUT2D eigenvalue weighted by atomic mass is 35.5. The first-order valence-electron chi connectivity index (χ1n) is 6.95. The van der Waals surface area contributed by atoms with Crippen molar-refractivity contribution in [3.63, 3.8) is 0 Å². The van der Waals surface area contributed by atoms with E-state index in [-0.39, 0.29) is 5.91 Å². The second-order valence-electron chi connectivity index (χ2n) is 4.91. The number of hydrogen-bond acceptors (Lipinski definition) is 2. The van der Waals surface area contributed by atoms with Crippen molar-refractivity contribution >= 4 is 23.2 Å². The molecule has 3 nitrogen and oxygen atoms in total. The van der Waals surface area contributed by atoms with Gasteiger partial charge in [-0.2, -0.15) is 0 Å². The van der Waals surface area contributed by atoms with Crippen LogP contribution < -0.4 is 5.73 Å². The molecule has 0 fully saturated rings. The monoisotopic (exact) mass is 302 g/mol. The van der Waals surface area contributed by atoms with E-state index >= 15 is 0 Å². The molecule has 0 heterocycles. The van der Waals surface area contributed by atoms with E-state index < -0.39 is 0 Å². The van der Waals surface area contributed by atoms with Crippen molar-refractivity contribution < 1.29 is 4.79 Å². The lowest BCUT2D eigenvalue weighted by Gasteiger charge is -2.22. The topological polar surface area (TPSA) is 46.3 Å². The van der Waals surface area contributed by atoms with Gasteiger partial charge in [0.25, 0.3) is 0 Å². The molecular formula is C17H19ClN2O. The van der Waals surface area contributed by atoms with Crippen molar-refractivity contribution in [2.24, 2.45) is 0 Å². The van der Waals surface area contributed by atoms with E-state index in [1.807, 2.05) is 43.3 Å². The third kappa shape index (κ3) is 4.23. The first-order chi connectivity index (χ1) is 10.1. The fourth-order valence-electron chi connectivity index (χ4n) is 2.15. The highest BCUT2D eigenvalue weighted by Crippen LogP contribution is 2.15. The van der Waals surface area contributed by atoms with Crippen LogP contribution in [-0.4, -0.2) is 17.4 Å². The molecule has 110 valence electrons. The molecule has 0 saturated carbocycles. The highest BCUT2D eigenvalue weighted by Gasteiger charge is 2.13. The number of nitrogen functional groups attached to an aromatic ring is 1. The van der Waals surface area contributed by atoms with Crippen LogP contribution in [-0.2, 0) is 17.8 Å². The van der Waals surface area contributed by atoms with E-state index in [0.717, 1.165) is 16.8 Å². The predicted molar refractivity (Wildman–Crippen MR) is 87.1 cm³/mol. The summed E-state index contributed by atoms with van der Waals surface area (Å²) in [6, 6.07) is 15.0. The molecule has 0 aliphatic carbocycles. The highest BCUT2D eigenvalue weighted by molar-refractivity contribution is 6.30. The Bertz CT molecular complexity index is 610. The molecule has 0 saturated heterocycles. The molecule has 0 bridgehead atoms. The summed E-state index contributed by atoms with van der Waals surface area (Å²) in [7, 11) is 0. The van der Waals surface area contributed by atoms with Crippen LogP contribution in [0.3, 0.4) is 0 Å². The summed E-state index contributed by atoms with van der Waals surface area (Å²) in [5.74, 6) is 0.0862. The fraction of sp³-hybridized carbons (Fsp3) is 0.235. The van der Waals surface area contributed by atoms with Crippen LogP contribution >= 0.6 is 11.6 Å². The van der Waals surface area contributed by atoms with Gasteiger partial charge in [-0.3, -0.25) is 4.79 Å². The lowest BCUT2D eigenvalue weighted by Crippen LogP contribution is -2.31. The Kier molecular flexibility index (Phi) is 5.23. The van der Waals surface area contributed by atoms with Gasteiger partial charge >= 0.3 is 0 Å². The van der Waals surface area contributed by atoms with Crippen LogP contribution in [0, 0.1) is 0 Å². The number of anilines is 1. The second kappa shape index (κ2) is 7.14. The maximum absolute atomic E-state index is 12.4. The molecule has 2 aromatic carbocycles. The molecule has 0 spiro atoms. The van der Waals surface area contributed by atoms with E-state index in [9.17, 15) is 4.79 Å². The van der Waals surface area contributed by atoms with Crippen LogP contribution in [0.2, 0.25) is 5.02 Å². The second-order valence-corrected chi connectivity index (χ2v) is 5.35. The van der Waals surface area contributed by atoms with Gasteiger partial charge in [-0.25, -0.2) is 0 Å². The number of carbonyl (C=O) groups excluding carboxylic acids is 1. The molecule has 2 rings (SSSR count). The van der Waals surface area contributed by atoms with Crippen molar-refractivity contribution in [1.29, 1.82) is 0 Å². The summed E-state index contributed by atoms with van der Waals surface area (Å²) in [6.45, 7) is 3.16. The molecule has 1 amide bonds. The van der Waals surface area contributed by atoms with Gasteiger partial charge in [0.15, 0.2) is 0 Å². The summed E-state index contributed by atoms with van der Waals surface area (Å²) in [5, 5.41) is 0.676. The number of benzene rings is 2. The number of nitrogens with two attached hydrogens (primary N) is 1. The SMILES string of the molecule is CCN(Cc1ccccc1N)C(=O)Cc1ccc(Cl)cc1. The molecule has 0 radical (unpaired) electrons. The first kappa shape index (κ1) is 15.4. The molecule has 0 aliphatic rings. The average Bonchev–Trinajstić information content (AvgIpc) is 2.48. The van der Waals surface area contributed by atoms with E-state index in [1.54, 1.807) is 17.0 Å². The molecular weight excluding hydrogens is 284 g/mol. The summed E-state index contributed by atoms with van der Waals surface area (Å²) in [5.41, 5.74) is 8.60. The minimum atomic E-state index is 0.0862. The zero-order chi connectivity index (χ0) is 15.2. The maximum Gasteiger partial charge on any atom is 0.227 e. The first-order valence-corrected chi connectivity index (χ1v) is 7.33. The third-order valence-electron chi connectivity index (χ3n) is 3.42. The molecule has 4 heteroatoms. The van der Waals surface area contributed by atoms with Crippen molar-refractivity contribution in [3.8, 4) is 0 Å². The Morgan fingerprint density at radius 2 is 1.81 bits per heavy atom. The largest absolute Gasteiger partial charge is 0.398 e. The Morgan fingerprint density at radius 1 is 1.14 bits per heavy atom. The van der Waals surface area contributed by atoms with Gasteiger partial charge in [0.1, 0.15) is 0 Å². The molecule has 0 aromatic heterocycles. The van der Waals surface area contributed by atoms with E-state index in [4.69, 9.17) is 17.3 Å². The van der Waals surface area contributed by atoms with E-state index in [0.29, 0.717) is 24.5 Å². The van der Waals surface area contributed by atoms with Gasteiger partial charge in [0, 0.05) is 23.8 Å². The van der Waals surface area contributed by atoms with E-state index in [1.165, 1.54) is 0 Å². The van der Waals surface area contributed by atoms with Crippen molar-refractivity contribution in [2.75, 3.05) is 12.3 Å². The Labute approximate surface area is 130 Å². The Balaban J connectivity index is 2.05. The zero-order valence-corrected chi connectivity index (χ0v) is 12.8. The van der Waals surface area contributed by atoms with Gasteiger partial charge in [-0.05, 0) is 36.2 Å². The van der Waals surface area contributed by atoms with Crippen molar-refractivity contribution in [3.05, 3.63) is 64.7 Å². The van der Waals surface area contributed by atoms with Crippen LogP contribution in [0.4, 0.5) is 5.69 Å². The Hall–Kier alpha value is -2.00. The van der Waals surface area contributed by atoms with Gasteiger partial charge in [-0.1, -0.05) is 41.9 Å². The number of rotatable bonds is 5. The quantitative estimate of drug-likeness (QED) is 0.859. The van der Waals surface area contributed by atoms with Crippen LogP contribution in [0.15, 0.2) is 48.5 Å². The summed E-state index contributed by atoms with van der Waals surface area (Å²) >= 11 is 5.85. The minimum absolute atomic E-state index is 0.0862. The average molecular weight is 303 g/mol. The van der Waals surface area contributed by atoms with Crippen molar-refractivity contribution in [2.45, 2.75) is 19.9 Å². The smallest absolute Gasteiger partial charge is 0.227 e. The Morgan fingerprint density at radius 3 is 2.43 bits per heavy atom. The number of amides is 1. The number of para-hydroxylation sites is 1. The molecule has 2 N–H and O–H groups in total. The molecule has 0 atom stereocenters. The van der Waals surface area contributed by atoms with Gasteiger partial charge in [0.05, 0.1) is 6.42 Å². The third-order valence-corrected chi connectivity index (χ3v) is 3.67. The number of hydrogen-bond donors (Lipinski definition) is 1. The summed E-state index contributed by atoms with van der Waals surface area (Å²) in [6.07, 6.45) is 0.373. The molecule has 0 unspecified atom stereocenters. The molecule has 2 aromatic rings. The predicted octanol–water partition coefficient (Wildman–Crippen LogP) is 3.51. The maximum atomic E-state index is 12.4. The lowest BCUT2D eigenvalue weighted by atomic mass is 10.1. The number of halogens is 1. The van der Waals surface area contributed by atoms with E-state index in [2.05, 4.69) is 0 Å². The summed E-state index contributed by atoms with van der Waals surface area (Å²) < 4.78 is 0. The lowest BCUT2D eigenvalue weighted by molar-refractivity contribution is -0.130. The van der Waals surface area contributed by atoms with Gasteiger partial charge < -0.3 is 10.6 Å². The van der Waals surface area contributed by atoms with Gasteiger partial charge in [0.2, 0.25) is 5.91 Å². The molecule has 0 aliphatic heterocycles. The minimum Gasteiger partial charge on any atom is -0.398 e. The van der Waals surface area contributed by atoms with Crippen LogP contribution in [0.5, 0.6) is 0 Å². The fourth-order valence-corrected chi connectivity index (χ4v) is 2.27. The number of likely N-dealkylation sites (N-methyl/N-ethyl adjacent to an activating group) is 1. The van der Waals surface area contributed by atoms with Gasteiger partial charge in [-0.15, -0.1) is 0 Å². The zero-order valence-electron chi connectivity index (χ0n) is 12.1.